The number of hydrogen-bond acceptors (Lipinski definition) is 5. The summed E-state index contributed by atoms with van der Waals surface area (Å²) >= 11 is 0. The highest BCUT2D eigenvalue weighted by atomic mass is 32.2. The minimum Gasteiger partial charge on any atom is -0.452 e. The number of para-hydroxylation sites is 1. The lowest BCUT2D eigenvalue weighted by atomic mass is 10.0. The van der Waals surface area contributed by atoms with Gasteiger partial charge in [-0.15, -0.1) is 0 Å². The molecule has 0 unspecified atom stereocenters. The highest BCUT2D eigenvalue weighted by Crippen LogP contribution is 2.31. The van der Waals surface area contributed by atoms with Gasteiger partial charge < -0.3 is 9.64 Å². The van der Waals surface area contributed by atoms with Crippen molar-refractivity contribution in [2.24, 2.45) is 0 Å². The Morgan fingerprint density at radius 2 is 1.53 bits per heavy atom. The van der Waals surface area contributed by atoms with Crippen LogP contribution >= 0.6 is 0 Å². The fourth-order valence-corrected chi connectivity index (χ4v) is 5.80. The molecule has 2 aliphatic heterocycles. The van der Waals surface area contributed by atoms with E-state index in [1.54, 1.807) is 4.90 Å². The third kappa shape index (κ3) is 4.80. The Bertz CT molecular complexity index is 1070. The van der Waals surface area contributed by atoms with Crippen LogP contribution in [0.25, 0.3) is 0 Å². The molecule has 170 valence electrons. The number of fused-ring (bicyclic) bond motifs is 1. The van der Waals surface area contributed by atoms with Crippen molar-refractivity contribution in [2.75, 3.05) is 30.5 Å². The molecule has 0 aromatic heterocycles. The van der Waals surface area contributed by atoms with Crippen molar-refractivity contribution in [1.29, 1.82) is 0 Å². The zero-order chi connectivity index (χ0) is 22.6. The van der Waals surface area contributed by atoms with E-state index in [4.69, 9.17) is 4.74 Å². The molecule has 32 heavy (non-hydrogen) atoms. The van der Waals surface area contributed by atoms with Gasteiger partial charge in [0.1, 0.15) is 0 Å². The first-order valence-electron chi connectivity index (χ1n) is 11.1. The van der Waals surface area contributed by atoms with Gasteiger partial charge in [0.05, 0.1) is 16.1 Å². The van der Waals surface area contributed by atoms with Crippen molar-refractivity contribution in [1.82, 2.24) is 4.90 Å². The van der Waals surface area contributed by atoms with E-state index in [-0.39, 0.29) is 23.0 Å². The summed E-state index contributed by atoms with van der Waals surface area (Å²) < 4.78 is 33.0. The Balaban J connectivity index is 1.41. The van der Waals surface area contributed by atoms with Gasteiger partial charge in [0.2, 0.25) is 0 Å². The highest BCUT2D eigenvalue weighted by molar-refractivity contribution is 7.92. The van der Waals surface area contributed by atoms with E-state index in [1.807, 2.05) is 24.3 Å². The fraction of sp³-hybridized carbons (Fsp3) is 0.417. The Morgan fingerprint density at radius 3 is 2.25 bits per heavy atom. The van der Waals surface area contributed by atoms with Gasteiger partial charge in [-0.05, 0) is 61.6 Å². The second-order valence-electron chi connectivity index (χ2n) is 8.20. The second-order valence-corrected chi connectivity index (χ2v) is 10.1. The Labute approximate surface area is 189 Å². The standard InChI is InChI=1S/C24H28N2O5S/c27-23(25-15-5-1-2-6-16-25)18-31-24(28)20-11-13-21(14-12-20)32(29,30)26-17-7-9-19-8-3-4-10-22(19)26/h3-4,8,10-14H,1-2,5-7,9,15-18H2. The number of sulfonamides is 1. The maximum atomic E-state index is 13.2. The van der Waals surface area contributed by atoms with Crippen molar-refractivity contribution in [2.45, 2.75) is 43.4 Å². The van der Waals surface area contributed by atoms with Gasteiger partial charge in [-0.1, -0.05) is 31.0 Å². The first-order valence-corrected chi connectivity index (χ1v) is 12.6. The summed E-state index contributed by atoms with van der Waals surface area (Å²) in [6.45, 7) is 1.51. The lowest BCUT2D eigenvalue weighted by Crippen LogP contribution is -2.35. The van der Waals surface area contributed by atoms with Crippen LogP contribution in [0.5, 0.6) is 0 Å². The van der Waals surface area contributed by atoms with E-state index < -0.39 is 16.0 Å². The van der Waals surface area contributed by atoms with Gasteiger partial charge in [-0.2, -0.15) is 0 Å². The quantitative estimate of drug-likeness (QED) is 0.644. The minimum atomic E-state index is -3.74. The molecule has 8 heteroatoms. The zero-order valence-corrected chi connectivity index (χ0v) is 18.9. The number of esters is 1. The number of carbonyl (C=O) groups is 2. The maximum Gasteiger partial charge on any atom is 0.338 e. The number of amides is 1. The van der Waals surface area contributed by atoms with Crippen LogP contribution in [-0.4, -0.2) is 51.4 Å². The fourth-order valence-electron chi connectivity index (χ4n) is 4.26. The first-order chi connectivity index (χ1) is 15.5. The number of aryl methyl sites for hydroxylation is 1. The molecule has 2 aliphatic rings. The second kappa shape index (κ2) is 9.73. The normalized spacial score (nSPS) is 16.8. The van der Waals surface area contributed by atoms with E-state index >= 15 is 0 Å². The smallest absolute Gasteiger partial charge is 0.338 e. The Morgan fingerprint density at radius 1 is 0.844 bits per heavy atom. The van der Waals surface area contributed by atoms with Crippen molar-refractivity contribution < 1.29 is 22.7 Å². The van der Waals surface area contributed by atoms with Crippen LogP contribution in [0.15, 0.2) is 53.4 Å². The summed E-state index contributed by atoms with van der Waals surface area (Å²) in [4.78, 5) is 26.5. The summed E-state index contributed by atoms with van der Waals surface area (Å²) in [5.74, 6) is -0.830. The van der Waals surface area contributed by atoms with Gasteiger partial charge in [-0.3, -0.25) is 9.10 Å². The van der Waals surface area contributed by atoms with Crippen molar-refractivity contribution >= 4 is 27.6 Å². The molecule has 2 aromatic rings. The Kier molecular flexibility index (Phi) is 6.79. The number of carbonyl (C=O) groups excluding carboxylic acids is 2. The van der Waals surface area contributed by atoms with E-state index in [1.165, 1.54) is 28.6 Å². The van der Waals surface area contributed by atoms with Gasteiger partial charge in [0.25, 0.3) is 15.9 Å². The molecule has 1 saturated heterocycles. The molecule has 0 bridgehead atoms. The summed E-state index contributed by atoms with van der Waals surface area (Å²) in [5, 5.41) is 0. The SMILES string of the molecule is O=C(OCC(=O)N1CCCCCC1)c1ccc(S(=O)(=O)N2CCCc3ccccc32)cc1. The number of benzene rings is 2. The average molecular weight is 457 g/mol. The van der Waals surface area contributed by atoms with Crippen LogP contribution in [-0.2, 0) is 26.0 Å². The van der Waals surface area contributed by atoms with Crippen molar-refractivity contribution in [3.05, 3.63) is 59.7 Å². The number of rotatable bonds is 5. The van der Waals surface area contributed by atoms with Crippen LogP contribution in [0.2, 0.25) is 0 Å². The predicted octanol–water partition coefficient (Wildman–Crippen LogP) is 3.39. The Hall–Kier alpha value is -2.87. The monoisotopic (exact) mass is 456 g/mol. The molecule has 2 aromatic carbocycles. The summed E-state index contributed by atoms with van der Waals surface area (Å²) in [5.41, 5.74) is 1.93. The molecule has 2 heterocycles. The van der Waals surface area contributed by atoms with Crippen LogP contribution < -0.4 is 4.31 Å². The first kappa shape index (κ1) is 22.3. The molecule has 0 saturated carbocycles. The van der Waals surface area contributed by atoms with E-state index in [2.05, 4.69) is 0 Å². The maximum absolute atomic E-state index is 13.2. The van der Waals surface area contributed by atoms with Crippen LogP contribution in [0.3, 0.4) is 0 Å². The van der Waals surface area contributed by atoms with E-state index in [0.29, 0.717) is 25.3 Å². The third-order valence-electron chi connectivity index (χ3n) is 6.03. The number of anilines is 1. The molecule has 4 rings (SSSR count). The third-order valence-corrected chi connectivity index (χ3v) is 7.86. The lowest BCUT2D eigenvalue weighted by molar-refractivity contribution is -0.134. The molecular formula is C24H28N2O5S. The van der Waals surface area contributed by atoms with Crippen molar-refractivity contribution in [3.63, 3.8) is 0 Å². The number of ether oxygens (including phenoxy) is 1. The zero-order valence-electron chi connectivity index (χ0n) is 18.0. The van der Waals surface area contributed by atoms with Crippen LogP contribution in [0.1, 0.15) is 48.0 Å². The number of nitrogens with zero attached hydrogens (tertiary/aromatic N) is 2. The summed E-state index contributed by atoms with van der Waals surface area (Å²) in [7, 11) is -3.74. The van der Waals surface area contributed by atoms with E-state index in [0.717, 1.165) is 44.1 Å². The van der Waals surface area contributed by atoms with Gasteiger partial charge in [-0.25, -0.2) is 13.2 Å². The van der Waals surface area contributed by atoms with Crippen LogP contribution in [0, 0.1) is 0 Å². The summed E-state index contributed by atoms with van der Waals surface area (Å²) in [6, 6.07) is 13.2. The molecule has 0 aliphatic carbocycles. The molecule has 1 fully saturated rings. The molecule has 0 N–H and O–H groups in total. The molecule has 0 spiro atoms. The van der Waals surface area contributed by atoms with Crippen LogP contribution in [0.4, 0.5) is 5.69 Å². The molecule has 1 amide bonds. The molecule has 0 atom stereocenters. The topological polar surface area (TPSA) is 84.0 Å². The minimum absolute atomic E-state index is 0.117. The van der Waals surface area contributed by atoms with Crippen molar-refractivity contribution in [3.8, 4) is 0 Å². The lowest BCUT2D eigenvalue weighted by Gasteiger charge is -2.30. The summed E-state index contributed by atoms with van der Waals surface area (Å²) in [6.07, 6.45) is 5.77. The molecule has 7 nitrogen and oxygen atoms in total. The molecule has 0 radical (unpaired) electrons. The van der Waals surface area contributed by atoms with Gasteiger partial charge >= 0.3 is 5.97 Å². The largest absolute Gasteiger partial charge is 0.452 e. The molecular weight excluding hydrogens is 428 g/mol. The number of likely N-dealkylation sites (tertiary alicyclic amines) is 1. The van der Waals surface area contributed by atoms with E-state index in [9.17, 15) is 18.0 Å². The van der Waals surface area contributed by atoms with Gasteiger partial charge in [0, 0.05) is 19.6 Å². The van der Waals surface area contributed by atoms with Gasteiger partial charge in [0.15, 0.2) is 6.61 Å². The number of hydrogen-bond donors (Lipinski definition) is 0. The average Bonchev–Trinajstić information content (AvgIpc) is 3.12. The predicted molar refractivity (Wildman–Crippen MR) is 121 cm³/mol. The highest BCUT2D eigenvalue weighted by Gasteiger charge is 2.29.